The number of nitrogens with one attached hydrogen (secondary N) is 1. The summed E-state index contributed by atoms with van der Waals surface area (Å²) in [7, 11) is 0. The summed E-state index contributed by atoms with van der Waals surface area (Å²) in [6.45, 7) is 3.26. The maximum atomic E-state index is 12.7. The molecule has 0 unspecified atom stereocenters. The van der Waals surface area contributed by atoms with E-state index in [-0.39, 0.29) is 18.5 Å². The van der Waals surface area contributed by atoms with E-state index >= 15 is 0 Å². The van der Waals surface area contributed by atoms with Crippen LogP contribution in [0.25, 0.3) is 22.2 Å². The fourth-order valence-corrected chi connectivity index (χ4v) is 4.45. The Bertz CT molecular complexity index is 1420. The van der Waals surface area contributed by atoms with Crippen LogP contribution in [0.4, 0.5) is 4.79 Å². The summed E-state index contributed by atoms with van der Waals surface area (Å²) < 4.78 is 10.7. The normalized spacial score (nSPS) is 14.2. The Morgan fingerprint density at radius 2 is 1.67 bits per heavy atom. The lowest BCUT2D eigenvalue weighted by Gasteiger charge is -2.34. The molecule has 5 rings (SSSR count). The van der Waals surface area contributed by atoms with Gasteiger partial charge in [-0.15, -0.1) is 0 Å². The third kappa shape index (κ3) is 5.39. The van der Waals surface area contributed by atoms with Gasteiger partial charge in [-0.1, -0.05) is 54.6 Å². The van der Waals surface area contributed by atoms with Crippen LogP contribution in [0.5, 0.6) is 0 Å². The largest absolute Gasteiger partial charge is 0.445 e. The second-order valence-corrected chi connectivity index (χ2v) is 8.81. The van der Waals surface area contributed by atoms with Gasteiger partial charge >= 0.3 is 11.8 Å². The lowest BCUT2D eigenvalue weighted by molar-refractivity contribution is 0.0697. The van der Waals surface area contributed by atoms with Gasteiger partial charge in [-0.25, -0.2) is 9.59 Å². The Morgan fingerprint density at radius 3 is 2.47 bits per heavy atom. The number of benzene rings is 3. The van der Waals surface area contributed by atoms with E-state index in [9.17, 15) is 14.4 Å². The number of rotatable bonds is 7. The van der Waals surface area contributed by atoms with Crippen molar-refractivity contribution in [1.29, 1.82) is 0 Å². The average Bonchev–Trinajstić information content (AvgIpc) is 3.30. The zero-order valence-corrected chi connectivity index (χ0v) is 19.8. The molecule has 184 valence electrons. The molecule has 3 aromatic carbocycles. The highest BCUT2D eigenvalue weighted by Crippen LogP contribution is 2.24. The Labute approximate surface area is 208 Å². The van der Waals surface area contributed by atoms with Gasteiger partial charge in [0, 0.05) is 44.7 Å². The minimum Gasteiger partial charge on any atom is -0.445 e. The van der Waals surface area contributed by atoms with Gasteiger partial charge in [0.05, 0.1) is 5.52 Å². The van der Waals surface area contributed by atoms with Crippen molar-refractivity contribution < 1.29 is 18.7 Å². The molecule has 1 aliphatic heterocycles. The molecule has 1 N–H and O–H groups in total. The number of fused-ring (bicyclic) bond motifs is 1. The number of aromatic amines is 1. The zero-order valence-electron chi connectivity index (χ0n) is 19.8. The highest BCUT2D eigenvalue weighted by Gasteiger charge is 2.23. The van der Waals surface area contributed by atoms with Gasteiger partial charge in [0.2, 0.25) is 0 Å². The van der Waals surface area contributed by atoms with Crippen molar-refractivity contribution in [3.05, 3.63) is 94.5 Å². The average molecular weight is 486 g/mol. The van der Waals surface area contributed by atoms with Crippen molar-refractivity contribution in [3.8, 4) is 11.1 Å². The highest BCUT2D eigenvalue weighted by atomic mass is 16.6. The molecule has 0 bridgehead atoms. The van der Waals surface area contributed by atoms with Crippen molar-refractivity contribution in [2.24, 2.45) is 0 Å². The molecule has 8 nitrogen and oxygen atoms in total. The van der Waals surface area contributed by atoms with Gasteiger partial charge in [0.15, 0.2) is 11.4 Å². The van der Waals surface area contributed by atoms with Crippen LogP contribution >= 0.6 is 0 Å². The lowest BCUT2D eigenvalue weighted by atomic mass is 10.0. The summed E-state index contributed by atoms with van der Waals surface area (Å²) in [5.41, 5.74) is 4.57. The number of carbonyl (C=O) groups excluding carboxylic acids is 2. The van der Waals surface area contributed by atoms with Gasteiger partial charge in [-0.05, 0) is 34.9 Å². The number of oxazole rings is 1. The van der Waals surface area contributed by atoms with Crippen LogP contribution in [0.1, 0.15) is 22.3 Å². The van der Waals surface area contributed by atoms with Gasteiger partial charge < -0.3 is 14.1 Å². The first kappa shape index (κ1) is 23.6. The standard InChI is InChI=1S/C28H27N3O5/c32-25(21-10-11-24-26(18-21)36-27(33)29-24)12-13-30-14-16-31(17-15-30)28(34)35-19-22-8-4-5-9-23(22)20-6-2-1-3-7-20/h1-11,18H,12-17,19H2,(H,29,33). The number of amides is 1. The number of aromatic nitrogens is 1. The molecule has 0 spiro atoms. The number of ether oxygens (including phenoxy) is 1. The van der Waals surface area contributed by atoms with E-state index in [2.05, 4.69) is 9.88 Å². The first-order valence-electron chi connectivity index (χ1n) is 12.0. The molecule has 2 heterocycles. The molecule has 0 aliphatic carbocycles. The molecule has 0 radical (unpaired) electrons. The number of hydrogen-bond donors (Lipinski definition) is 1. The van der Waals surface area contributed by atoms with Crippen molar-refractivity contribution in [3.63, 3.8) is 0 Å². The summed E-state index contributed by atoms with van der Waals surface area (Å²) >= 11 is 0. The van der Waals surface area contributed by atoms with Crippen molar-refractivity contribution in [2.45, 2.75) is 13.0 Å². The number of H-pyrrole nitrogens is 1. The van der Waals surface area contributed by atoms with Crippen molar-refractivity contribution in [1.82, 2.24) is 14.8 Å². The fourth-order valence-electron chi connectivity index (χ4n) is 4.45. The fraction of sp³-hybridized carbons (Fsp3) is 0.250. The monoisotopic (exact) mass is 485 g/mol. The van der Waals surface area contributed by atoms with E-state index in [1.54, 1.807) is 23.1 Å². The molecule has 36 heavy (non-hydrogen) atoms. The van der Waals surface area contributed by atoms with Gasteiger partial charge in [0.1, 0.15) is 6.61 Å². The van der Waals surface area contributed by atoms with Crippen LogP contribution in [0.15, 0.2) is 82.0 Å². The third-order valence-electron chi connectivity index (χ3n) is 6.48. The third-order valence-corrected chi connectivity index (χ3v) is 6.48. The van der Waals surface area contributed by atoms with E-state index in [0.717, 1.165) is 16.7 Å². The first-order valence-corrected chi connectivity index (χ1v) is 12.0. The van der Waals surface area contributed by atoms with Crippen LogP contribution in [0.3, 0.4) is 0 Å². The molecular formula is C28H27N3O5. The quantitative estimate of drug-likeness (QED) is 0.392. The second-order valence-electron chi connectivity index (χ2n) is 8.81. The molecule has 1 fully saturated rings. The van der Waals surface area contributed by atoms with E-state index in [4.69, 9.17) is 9.15 Å². The number of nitrogens with zero attached hydrogens (tertiary/aromatic N) is 2. The SMILES string of the molecule is O=C(CCN1CCN(C(=O)OCc2ccccc2-c2ccccc2)CC1)c1ccc2[nH]c(=O)oc2c1. The summed E-state index contributed by atoms with van der Waals surface area (Å²) in [6.07, 6.45) is 0.0239. The molecular weight excluding hydrogens is 458 g/mol. The number of carbonyl (C=O) groups is 2. The number of ketones is 1. The molecule has 1 saturated heterocycles. The molecule has 0 atom stereocenters. The Morgan fingerprint density at radius 1 is 0.917 bits per heavy atom. The maximum absolute atomic E-state index is 12.7. The smallest absolute Gasteiger partial charge is 0.417 e. The van der Waals surface area contributed by atoms with Gasteiger partial charge in [-0.2, -0.15) is 0 Å². The number of Topliss-reactive ketones (excluding diaryl/α,β-unsaturated/α-hetero) is 1. The van der Waals surface area contributed by atoms with Crippen LogP contribution < -0.4 is 5.76 Å². The summed E-state index contributed by atoms with van der Waals surface area (Å²) in [5, 5.41) is 0. The first-order chi connectivity index (χ1) is 17.6. The molecule has 8 heteroatoms. The van der Waals surface area contributed by atoms with E-state index in [1.165, 1.54) is 0 Å². The molecule has 4 aromatic rings. The van der Waals surface area contributed by atoms with E-state index in [0.29, 0.717) is 55.8 Å². The number of hydrogen-bond acceptors (Lipinski definition) is 6. The molecule has 0 saturated carbocycles. The molecule has 1 aromatic heterocycles. The number of piperazine rings is 1. The second kappa shape index (κ2) is 10.6. The Hall–Kier alpha value is -4.17. The summed E-state index contributed by atoms with van der Waals surface area (Å²) in [4.78, 5) is 43.1. The predicted octanol–water partition coefficient (Wildman–Crippen LogP) is 4.32. The summed E-state index contributed by atoms with van der Waals surface area (Å²) in [6, 6.07) is 22.9. The maximum Gasteiger partial charge on any atom is 0.417 e. The van der Waals surface area contributed by atoms with Crippen LogP contribution in [-0.4, -0.2) is 59.4 Å². The Balaban J connectivity index is 1.09. The lowest BCUT2D eigenvalue weighted by Crippen LogP contribution is -2.49. The van der Waals surface area contributed by atoms with E-state index in [1.807, 2.05) is 54.6 Å². The predicted molar refractivity (Wildman–Crippen MR) is 136 cm³/mol. The van der Waals surface area contributed by atoms with Crippen LogP contribution in [0, 0.1) is 0 Å². The Kier molecular flexibility index (Phi) is 6.95. The van der Waals surface area contributed by atoms with Crippen molar-refractivity contribution in [2.75, 3.05) is 32.7 Å². The van der Waals surface area contributed by atoms with Gasteiger partial charge in [-0.3, -0.25) is 14.7 Å². The minimum absolute atomic E-state index is 0.0142. The highest BCUT2D eigenvalue weighted by molar-refractivity contribution is 5.98. The summed E-state index contributed by atoms with van der Waals surface area (Å²) in [5.74, 6) is -0.550. The van der Waals surface area contributed by atoms with Gasteiger partial charge in [0.25, 0.3) is 0 Å². The van der Waals surface area contributed by atoms with E-state index < -0.39 is 5.76 Å². The molecule has 1 aliphatic rings. The van der Waals surface area contributed by atoms with Crippen LogP contribution in [-0.2, 0) is 11.3 Å². The van der Waals surface area contributed by atoms with Crippen LogP contribution in [0.2, 0.25) is 0 Å². The minimum atomic E-state index is -0.536. The molecule has 1 amide bonds. The zero-order chi connectivity index (χ0) is 24.9. The van der Waals surface area contributed by atoms with Crippen molar-refractivity contribution >= 4 is 23.0 Å². The topological polar surface area (TPSA) is 95.9 Å².